The first-order valence-electron chi connectivity index (χ1n) is 6.46. The number of hydrogen-bond donors (Lipinski definition) is 1. The number of amides is 1. The maximum atomic E-state index is 12.8. The fraction of sp³-hybridized carbons (Fsp3) is 0.188. The van der Waals surface area contributed by atoms with Crippen LogP contribution >= 0.6 is 27.5 Å². The van der Waals surface area contributed by atoms with E-state index in [1.54, 1.807) is 30.3 Å². The second-order valence-electron chi connectivity index (χ2n) is 4.83. The number of carbonyl (C=O) groups is 1. The number of rotatable bonds is 4. The van der Waals surface area contributed by atoms with E-state index in [2.05, 4.69) is 21.2 Å². The van der Waals surface area contributed by atoms with Gasteiger partial charge in [0.05, 0.1) is 5.02 Å². The van der Waals surface area contributed by atoms with E-state index in [0.717, 1.165) is 10.0 Å². The van der Waals surface area contributed by atoms with Crippen molar-refractivity contribution in [1.29, 1.82) is 0 Å². The molecule has 0 radical (unpaired) electrons. The Labute approximate surface area is 136 Å². The molecule has 1 amide bonds. The van der Waals surface area contributed by atoms with Gasteiger partial charge < -0.3 is 5.32 Å². The lowest BCUT2D eigenvalue weighted by Gasteiger charge is -2.14. The van der Waals surface area contributed by atoms with Crippen molar-refractivity contribution in [3.05, 3.63) is 68.9 Å². The minimum Gasteiger partial charge on any atom is -0.349 e. The summed E-state index contributed by atoms with van der Waals surface area (Å²) >= 11 is 9.26. The van der Waals surface area contributed by atoms with E-state index in [1.165, 1.54) is 12.1 Å². The van der Waals surface area contributed by atoms with E-state index in [0.29, 0.717) is 17.0 Å². The minimum absolute atomic E-state index is 0.0645. The molecule has 1 unspecified atom stereocenters. The Kier molecular flexibility index (Phi) is 5.37. The van der Waals surface area contributed by atoms with Crippen molar-refractivity contribution in [2.24, 2.45) is 0 Å². The zero-order valence-electron chi connectivity index (χ0n) is 11.4. The third kappa shape index (κ3) is 4.55. The van der Waals surface area contributed by atoms with Crippen LogP contribution < -0.4 is 5.32 Å². The van der Waals surface area contributed by atoms with Crippen LogP contribution in [0.15, 0.2) is 46.9 Å². The van der Waals surface area contributed by atoms with Crippen LogP contribution in [0, 0.1) is 5.82 Å². The molecule has 0 aliphatic carbocycles. The smallest absolute Gasteiger partial charge is 0.251 e. The molecular formula is C16H14BrClFNO. The zero-order chi connectivity index (χ0) is 15.4. The number of benzene rings is 2. The van der Waals surface area contributed by atoms with Crippen LogP contribution in [-0.2, 0) is 6.42 Å². The van der Waals surface area contributed by atoms with Crippen molar-refractivity contribution in [3.8, 4) is 0 Å². The molecule has 0 aliphatic rings. The first-order chi connectivity index (χ1) is 9.95. The maximum absolute atomic E-state index is 12.8. The van der Waals surface area contributed by atoms with Crippen molar-refractivity contribution >= 4 is 33.4 Å². The summed E-state index contributed by atoms with van der Waals surface area (Å²) in [4.78, 5) is 12.1. The normalized spacial score (nSPS) is 12.0. The van der Waals surface area contributed by atoms with Gasteiger partial charge in [-0.15, -0.1) is 0 Å². The second-order valence-corrected chi connectivity index (χ2v) is 6.10. The molecule has 2 aromatic carbocycles. The number of halogens is 3. The molecule has 0 fully saturated rings. The van der Waals surface area contributed by atoms with E-state index >= 15 is 0 Å². The van der Waals surface area contributed by atoms with Gasteiger partial charge in [0.1, 0.15) is 5.82 Å². The lowest BCUT2D eigenvalue weighted by Crippen LogP contribution is -2.34. The standard InChI is InChI=1S/C16H14BrClFNO/c1-10(8-11-2-5-13(19)6-3-11)20-16(21)12-4-7-14(17)15(18)9-12/h2-7,9-10H,8H2,1H3,(H,20,21). The Morgan fingerprint density at radius 3 is 2.57 bits per heavy atom. The molecule has 0 aromatic heterocycles. The summed E-state index contributed by atoms with van der Waals surface area (Å²) in [6, 6.07) is 11.3. The van der Waals surface area contributed by atoms with Gasteiger partial charge in [-0.05, 0) is 65.2 Å². The van der Waals surface area contributed by atoms with Gasteiger partial charge in [-0.1, -0.05) is 23.7 Å². The molecule has 0 spiro atoms. The monoisotopic (exact) mass is 369 g/mol. The Balaban J connectivity index is 1.98. The van der Waals surface area contributed by atoms with Crippen molar-refractivity contribution in [2.45, 2.75) is 19.4 Å². The summed E-state index contributed by atoms with van der Waals surface area (Å²) in [5.74, 6) is -0.445. The zero-order valence-corrected chi connectivity index (χ0v) is 13.7. The molecule has 1 N–H and O–H groups in total. The van der Waals surface area contributed by atoms with Crippen LogP contribution in [0.4, 0.5) is 4.39 Å². The second kappa shape index (κ2) is 7.05. The van der Waals surface area contributed by atoms with Crippen LogP contribution in [0.5, 0.6) is 0 Å². The van der Waals surface area contributed by atoms with Crippen molar-refractivity contribution in [3.63, 3.8) is 0 Å². The van der Waals surface area contributed by atoms with Gasteiger partial charge in [0.25, 0.3) is 5.91 Å². The number of hydrogen-bond acceptors (Lipinski definition) is 1. The molecule has 110 valence electrons. The number of nitrogens with one attached hydrogen (secondary N) is 1. The van der Waals surface area contributed by atoms with E-state index in [4.69, 9.17) is 11.6 Å². The summed E-state index contributed by atoms with van der Waals surface area (Å²) in [5.41, 5.74) is 1.48. The van der Waals surface area contributed by atoms with Crippen LogP contribution in [0.2, 0.25) is 5.02 Å². The summed E-state index contributed by atoms with van der Waals surface area (Å²) in [6.45, 7) is 1.90. The number of carbonyl (C=O) groups excluding carboxylic acids is 1. The van der Waals surface area contributed by atoms with E-state index in [9.17, 15) is 9.18 Å². The summed E-state index contributed by atoms with van der Waals surface area (Å²) in [7, 11) is 0. The third-order valence-electron chi connectivity index (χ3n) is 3.01. The molecule has 2 aromatic rings. The van der Waals surface area contributed by atoms with Crippen LogP contribution in [0.3, 0.4) is 0 Å². The third-order valence-corrected chi connectivity index (χ3v) is 4.25. The Hall–Kier alpha value is -1.39. The molecule has 0 aliphatic heterocycles. The van der Waals surface area contributed by atoms with Gasteiger partial charge in [0.2, 0.25) is 0 Å². The lowest BCUT2D eigenvalue weighted by molar-refractivity contribution is 0.0940. The lowest BCUT2D eigenvalue weighted by atomic mass is 10.1. The van der Waals surface area contributed by atoms with Gasteiger partial charge in [-0.2, -0.15) is 0 Å². The minimum atomic E-state index is -0.264. The maximum Gasteiger partial charge on any atom is 0.251 e. The van der Waals surface area contributed by atoms with E-state index in [1.807, 2.05) is 6.92 Å². The highest BCUT2D eigenvalue weighted by atomic mass is 79.9. The highest BCUT2D eigenvalue weighted by Crippen LogP contribution is 2.23. The summed E-state index contributed by atoms with van der Waals surface area (Å²) < 4.78 is 13.6. The molecule has 0 bridgehead atoms. The van der Waals surface area contributed by atoms with E-state index < -0.39 is 0 Å². The molecule has 1 atom stereocenters. The Morgan fingerprint density at radius 1 is 1.29 bits per heavy atom. The van der Waals surface area contributed by atoms with Crippen LogP contribution in [-0.4, -0.2) is 11.9 Å². The fourth-order valence-electron chi connectivity index (χ4n) is 1.97. The van der Waals surface area contributed by atoms with E-state index in [-0.39, 0.29) is 17.8 Å². The highest BCUT2D eigenvalue weighted by Gasteiger charge is 2.11. The Bertz CT molecular complexity index is 645. The average Bonchev–Trinajstić information content (AvgIpc) is 2.44. The largest absolute Gasteiger partial charge is 0.349 e. The molecule has 0 saturated carbocycles. The molecule has 21 heavy (non-hydrogen) atoms. The van der Waals surface area contributed by atoms with Crippen LogP contribution in [0.25, 0.3) is 0 Å². The van der Waals surface area contributed by atoms with Gasteiger partial charge >= 0.3 is 0 Å². The van der Waals surface area contributed by atoms with Crippen molar-refractivity contribution in [2.75, 3.05) is 0 Å². The highest BCUT2D eigenvalue weighted by molar-refractivity contribution is 9.10. The quantitative estimate of drug-likeness (QED) is 0.837. The van der Waals surface area contributed by atoms with Gasteiger partial charge in [0, 0.05) is 16.1 Å². The topological polar surface area (TPSA) is 29.1 Å². The molecule has 5 heteroatoms. The molecule has 2 nitrogen and oxygen atoms in total. The SMILES string of the molecule is CC(Cc1ccc(F)cc1)NC(=O)c1ccc(Br)c(Cl)c1. The molecule has 0 heterocycles. The summed E-state index contributed by atoms with van der Waals surface area (Å²) in [6.07, 6.45) is 0.635. The van der Waals surface area contributed by atoms with Gasteiger partial charge in [-0.25, -0.2) is 4.39 Å². The first kappa shape index (κ1) is 16.0. The van der Waals surface area contributed by atoms with Crippen LogP contribution in [0.1, 0.15) is 22.8 Å². The molecule has 2 rings (SSSR count). The van der Waals surface area contributed by atoms with Gasteiger partial charge in [-0.3, -0.25) is 4.79 Å². The van der Waals surface area contributed by atoms with Crippen molar-refractivity contribution in [1.82, 2.24) is 5.32 Å². The predicted molar refractivity (Wildman–Crippen MR) is 86.2 cm³/mol. The fourth-order valence-corrected chi connectivity index (χ4v) is 2.40. The predicted octanol–water partition coefficient (Wildman–Crippen LogP) is 4.60. The molecule has 0 saturated heterocycles. The molecular weight excluding hydrogens is 357 g/mol. The Morgan fingerprint density at radius 2 is 1.95 bits per heavy atom. The average molecular weight is 371 g/mol. The van der Waals surface area contributed by atoms with Crippen molar-refractivity contribution < 1.29 is 9.18 Å². The van der Waals surface area contributed by atoms with Gasteiger partial charge in [0.15, 0.2) is 0 Å². The summed E-state index contributed by atoms with van der Waals surface area (Å²) in [5, 5.41) is 3.39. The first-order valence-corrected chi connectivity index (χ1v) is 7.63.